The van der Waals surface area contributed by atoms with E-state index in [1.807, 2.05) is 25.1 Å². The molecule has 6 heteroatoms. The van der Waals surface area contributed by atoms with E-state index in [0.29, 0.717) is 18.0 Å². The van der Waals surface area contributed by atoms with Crippen LogP contribution in [0.3, 0.4) is 0 Å². The summed E-state index contributed by atoms with van der Waals surface area (Å²) in [7, 11) is 1.60. The van der Waals surface area contributed by atoms with Crippen molar-refractivity contribution in [1.29, 1.82) is 0 Å². The molecule has 3 amide bonds. The Morgan fingerprint density at radius 2 is 1.89 bits per heavy atom. The first-order valence-corrected chi connectivity index (χ1v) is 10.1. The lowest BCUT2D eigenvalue weighted by Gasteiger charge is -2.34. The summed E-state index contributed by atoms with van der Waals surface area (Å²) < 4.78 is 5.34. The molecule has 3 rings (SSSR count). The number of nitrogens with one attached hydrogen (secondary N) is 2. The summed E-state index contributed by atoms with van der Waals surface area (Å²) in [5, 5.41) is 6.15. The molecule has 1 aliphatic carbocycles. The Labute approximate surface area is 161 Å². The molecule has 1 saturated carbocycles. The van der Waals surface area contributed by atoms with Gasteiger partial charge in [-0.3, -0.25) is 4.79 Å². The number of anilines is 1. The first kappa shape index (κ1) is 19.5. The molecule has 0 radical (unpaired) electrons. The number of amides is 3. The molecule has 1 aromatic carbocycles. The van der Waals surface area contributed by atoms with Crippen molar-refractivity contribution in [2.24, 2.45) is 5.92 Å². The topological polar surface area (TPSA) is 70.7 Å². The minimum absolute atomic E-state index is 0.0208. The van der Waals surface area contributed by atoms with E-state index in [0.717, 1.165) is 37.8 Å². The Balaban J connectivity index is 1.57. The molecule has 2 fully saturated rings. The highest BCUT2D eigenvalue weighted by molar-refractivity contribution is 5.94. The number of benzene rings is 1. The summed E-state index contributed by atoms with van der Waals surface area (Å²) in [6.07, 6.45) is 7.42. The zero-order valence-electron chi connectivity index (χ0n) is 16.4. The van der Waals surface area contributed by atoms with Crippen molar-refractivity contribution in [3.8, 4) is 5.75 Å². The molecule has 148 valence electrons. The molecule has 27 heavy (non-hydrogen) atoms. The minimum atomic E-state index is -0.193. The second-order valence-electron chi connectivity index (χ2n) is 7.76. The molecule has 2 N–H and O–H groups in total. The Kier molecular flexibility index (Phi) is 6.58. The maximum atomic E-state index is 12.8. The van der Waals surface area contributed by atoms with Crippen LogP contribution in [-0.2, 0) is 4.79 Å². The maximum absolute atomic E-state index is 12.8. The van der Waals surface area contributed by atoms with Crippen LogP contribution in [0.5, 0.6) is 5.75 Å². The SMILES string of the molecule is COc1ccc(C)cc1NC(=O)C1CCCN(C(=O)NC2CCCCC2)C1. The second kappa shape index (κ2) is 9.11. The van der Waals surface area contributed by atoms with Crippen LogP contribution in [0.15, 0.2) is 18.2 Å². The van der Waals surface area contributed by atoms with E-state index in [-0.39, 0.29) is 23.9 Å². The molecule has 1 unspecified atom stereocenters. The number of nitrogens with zero attached hydrogens (tertiary/aromatic N) is 1. The van der Waals surface area contributed by atoms with Gasteiger partial charge in [0.05, 0.1) is 18.7 Å². The van der Waals surface area contributed by atoms with Crippen LogP contribution in [0.4, 0.5) is 10.5 Å². The third kappa shape index (κ3) is 5.15. The van der Waals surface area contributed by atoms with E-state index in [2.05, 4.69) is 10.6 Å². The number of likely N-dealkylation sites (tertiary alicyclic amines) is 1. The number of piperidine rings is 1. The van der Waals surface area contributed by atoms with Gasteiger partial charge in [-0.25, -0.2) is 4.79 Å². The van der Waals surface area contributed by atoms with Gasteiger partial charge in [0.15, 0.2) is 0 Å². The van der Waals surface area contributed by atoms with E-state index >= 15 is 0 Å². The minimum Gasteiger partial charge on any atom is -0.495 e. The fourth-order valence-electron chi connectivity index (χ4n) is 4.04. The van der Waals surface area contributed by atoms with Crippen LogP contribution >= 0.6 is 0 Å². The maximum Gasteiger partial charge on any atom is 0.317 e. The first-order valence-electron chi connectivity index (χ1n) is 10.1. The third-order valence-electron chi connectivity index (χ3n) is 5.63. The molecule has 0 spiro atoms. The van der Waals surface area contributed by atoms with Gasteiger partial charge in [-0.15, -0.1) is 0 Å². The summed E-state index contributed by atoms with van der Waals surface area (Å²) in [6, 6.07) is 5.99. The zero-order chi connectivity index (χ0) is 19.2. The van der Waals surface area contributed by atoms with Crippen LogP contribution in [-0.4, -0.2) is 43.1 Å². The molecule has 6 nitrogen and oxygen atoms in total. The van der Waals surface area contributed by atoms with Crippen molar-refractivity contribution >= 4 is 17.6 Å². The number of carbonyl (C=O) groups is 2. The molecule has 2 aliphatic rings. The highest BCUT2D eigenvalue weighted by atomic mass is 16.5. The third-order valence-corrected chi connectivity index (χ3v) is 5.63. The number of aryl methyl sites for hydroxylation is 1. The van der Waals surface area contributed by atoms with Crippen molar-refractivity contribution in [2.45, 2.75) is 57.9 Å². The van der Waals surface area contributed by atoms with Crippen molar-refractivity contribution < 1.29 is 14.3 Å². The lowest BCUT2D eigenvalue weighted by Crippen LogP contribution is -2.50. The predicted octanol–water partition coefficient (Wildman–Crippen LogP) is 3.70. The summed E-state index contributed by atoms with van der Waals surface area (Å²) in [5.41, 5.74) is 1.74. The predicted molar refractivity (Wildman–Crippen MR) is 106 cm³/mol. The molecule has 1 aliphatic heterocycles. The van der Waals surface area contributed by atoms with Gasteiger partial charge in [0.2, 0.25) is 5.91 Å². The lowest BCUT2D eigenvalue weighted by molar-refractivity contribution is -0.121. The molecule has 1 aromatic rings. The Hall–Kier alpha value is -2.24. The van der Waals surface area contributed by atoms with Gasteiger partial charge in [-0.2, -0.15) is 0 Å². The molecule has 1 saturated heterocycles. The van der Waals surface area contributed by atoms with Gasteiger partial charge in [0.25, 0.3) is 0 Å². The quantitative estimate of drug-likeness (QED) is 0.845. The fraction of sp³-hybridized carbons (Fsp3) is 0.619. The van der Waals surface area contributed by atoms with Crippen LogP contribution in [0.25, 0.3) is 0 Å². The van der Waals surface area contributed by atoms with Crippen LogP contribution < -0.4 is 15.4 Å². The number of hydrogen-bond donors (Lipinski definition) is 2. The number of carbonyl (C=O) groups excluding carboxylic acids is 2. The molecular formula is C21H31N3O3. The van der Waals surface area contributed by atoms with Crippen molar-refractivity contribution in [1.82, 2.24) is 10.2 Å². The van der Waals surface area contributed by atoms with E-state index in [1.54, 1.807) is 12.0 Å². The van der Waals surface area contributed by atoms with Crippen molar-refractivity contribution in [3.05, 3.63) is 23.8 Å². The Morgan fingerprint density at radius 1 is 1.11 bits per heavy atom. The fourth-order valence-corrected chi connectivity index (χ4v) is 4.04. The molecule has 1 atom stereocenters. The lowest BCUT2D eigenvalue weighted by atomic mass is 9.95. The van der Waals surface area contributed by atoms with E-state index < -0.39 is 0 Å². The van der Waals surface area contributed by atoms with Crippen molar-refractivity contribution in [3.63, 3.8) is 0 Å². The number of ether oxygens (including phenoxy) is 1. The van der Waals surface area contributed by atoms with Crippen LogP contribution in [0.1, 0.15) is 50.5 Å². The summed E-state index contributed by atoms with van der Waals surface area (Å²) in [4.78, 5) is 27.2. The zero-order valence-corrected chi connectivity index (χ0v) is 16.4. The molecular weight excluding hydrogens is 342 g/mol. The largest absolute Gasteiger partial charge is 0.495 e. The van der Waals surface area contributed by atoms with Gasteiger partial charge >= 0.3 is 6.03 Å². The average Bonchev–Trinajstić information content (AvgIpc) is 2.69. The highest BCUT2D eigenvalue weighted by Crippen LogP contribution is 2.27. The Morgan fingerprint density at radius 3 is 2.63 bits per heavy atom. The van der Waals surface area contributed by atoms with E-state index in [4.69, 9.17) is 4.74 Å². The van der Waals surface area contributed by atoms with E-state index in [1.165, 1.54) is 19.3 Å². The number of methoxy groups -OCH3 is 1. The number of rotatable bonds is 4. The standard InChI is InChI=1S/C21H31N3O3/c1-15-10-11-19(27-2)18(13-15)23-20(25)16-7-6-12-24(14-16)21(26)22-17-8-4-3-5-9-17/h10-11,13,16-17H,3-9,12,14H2,1-2H3,(H,22,26)(H,23,25). The molecule has 1 heterocycles. The second-order valence-corrected chi connectivity index (χ2v) is 7.76. The normalized spacial score (nSPS) is 20.8. The summed E-state index contributed by atoms with van der Waals surface area (Å²) >= 11 is 0. The highest BCUT2D eigenvalue weighted by Gasteiger charge is 2.30. The molecule has 0 bridgehead atoms. The van der Waals surface area contributed by atoms with Gasteiger partial charge in [-0.1, -0.05) is 25.3 Å². The molecule has 0 aromatic heterocycles. The van der Waals surface area contributed by atoms with E-state index in [9.17, 15) is 9.59 Å². The smallest absolute Gasteiger partial charge is 0.317 e. The van der Waals surface area contributed by atoms with Crippen molar-refractivity contribution in [2.75, 3.05) is 25.5 Å². The monoisotopic (exact) mass is 373 g/mol. The van der Waals surface area contributed by atoms with Gasteiger partial charge in [0, 0.05) is 19.1 Å². The average molecular weight is 373 g/mol. The first-order chi connectivity index (χ1) is 13.1. The number of hydrogen-bond acceptors (Lipinski definition) is 3. The Bertz CT molecular complexity index is 671. The summed E-state index contributed by atoms with van der Waals surface area (Å²) in [6.45, 7) is 3.17. The number of urea groups is 1. The van der Waals surface area contributed by atoms with Crippen LogP contribution in [0.2, 0.25) is 0 Å². The van der Waals surface area contributed by atoms with Crippen LogP contribution in [0, 0.1) is 12.8 Å². The van der Waals surface area contributed by atoms with Gasteiger partial charge in [0.1, 0.15) is 5.75 Å². The van der Waals surface area contributed by atoms with Gasteiger partial charge < -0.3 is 20.3 Å². The van der Waals surface area contributed by atoms with Gasteiger partial charge in [-0.05, 0) is 50.3 Å². The summed E-state index contributed by atoms with van der Waals surface area (Å²) in [5.74, 6) is 0.409.